The predicted molar refractivity (Wildman–Crippen MR) is 17.7 cm³/mol. The van der Waals surface area contributed by atoms with E-state index < -0.39 is 0 Å². The van der Waals surface area contributed by atoms with Crippen molar-refractivity contribution >= 4 is 75.5 Å². The Hall–Kier alpha value is 6.13. The second-order valence-electron chi connectivity index (χ2n) is 0. The molecule has 0 saturated carbocycles. The zero-order valence-corrected chi connectivity index (χ0v) is 22.3. The molecule has 0 amide bonds. The Morgan fingerprint density at radius 2 is 0.267 bits per heavy atom. The van der Waals surface area contributed by atoms with Gasteiger partial charge in [-0.15, -0.1) is 0 Å². The van der Waals surface area contributed by atoms with E-state index in [0.717, 1.165) is 0 Å². The van der Waals surface area contributed by atoms with Gasteiger partial charge in [-0.05, 0) is 0 Å². The molecule has 15 heavy (non-hydrogen) atoms. The minimum atomic E-state index is 0. The van der Waals surface area contributed by atoms with Crippen LogP contribution in [0.1, 0.15) is 0 Å². The van der Waals surface area contributed by atoms with E-state index in [0.29, 0.717) is 0 Å². The van der Waals surface area contributed by atoms with E-state index in [9.17, 15) is 0 Å². The van der Waals surface area contributed by atoms with Crippen molar-refractivity contribution in [1.82, 2.24) is 0 Å². The summed E-state index contributed by atoms with van der Waals surface area (Å²) < 4.78 is 0. The topological polar surface area (TPSA) is 256 Å². The van der Waals surface area contributed by atoms with Gasteiger partial charge in [0.25, 0.3) is 0 Å². The van der Waals surface area contributed by atoms with Crippen LogP contribution in [0.25, 0.3) is 0 Å². The molecule has 0 aliphatic carbocycles. The van der Waals surface area contributed by atoms with Crippen molar-refractivity contribution in [1.29, 1.82) is 0 Å². The normalized spacial score (nSPS) is 0. The Balaban J connectivity index is 0. The van der Waals surface area contributed by atoms with Crippen molar-refractivity contribution in [2.24, 2.45) is 0 Å². The Kier molecular flexibility index (Phi) is 2970. The van der Waals surface area contributed by atoms with Crippen molar-refractivity contribution < 1.29 is 167 Å². The summed E-state index contributed by atoms with van der Waals surface area (Å²) in [7, 11) is 0. The molecule has 0 fully saturated rings. The predicted octanol–water partition coefficient (Wildman–Crippen LogP) is -1.84. The summed E-state index contributed by atoms with van der Waals surface area (Å²) in [4.78, 5) is 0. The van der Waals surface area contributed by atoms with Crippen LogP contribution in [0, 0.1) is 0 Å². The van der Waals surface area contributed by atoms with Gasteiger partial charge < -0.3 is 49.3 Å². The number of rotatable bonds is 0. The first-order chi connectivity index (χ1) is 0. The van der Waals surface area contributed by atoms with Gasteiger partial charge in [0.15, 0.2) is 0 Å². The van der Waals surface area contributed by atoms with Crippen molar-refractivity contribution in [3.63, 3.8) is 0 Å². The molecule has 0 bridgehead atoms. The molecule has 0 radical (unpaired) electrons. The first kappa shape index (κ1) is 228. The molecule has 0 atom stereocenters. The molecule has 0 saturated heterocycles. The summed E-state index contributed by atoms with van der Waals surface area (Å²) >= 11 is 0. The molecule has 0 aliphatic rings. The number of hydrogen-bond donors (Lipinski definition) is 0. The van der Waals surface area contributed by atoms with Crippen LogP contribution in [0.3, 0.4) is 0 Å². The molecule has 0 aromatic rings. The van der Waals surface area contributed by atoms with E-state index in [1.54, 1.807) is 0 Å². The molecule has 9 nitrogen and oxygen atoms in total. The standard InChI is InChI=1S/2Ca.9O.2Y.2Zr/q2*+2;9*-2;2*+3;2*+4. The molecule has 0 N–H and O–H groups in total. The molecule has 0 spiro atoms. The van der Waals surface area contributed by atoms with Crippen LogP contribution < -0.4 is 0 Å². The fraction of sp³-hybridized carbons (Fsp3) is 0. The van der Waals surface area contributed by atoms with Gasteiger partial charge in [-0.2, -0.15) is 0 Å². The van der Waals surface area contributed by atoms with Crippen LogP contribution in [0.5, 0.6) is 0 Å². The Morgan fingerprint density at radius 1 is 0.267 bits per heavy atom. The van der Waals surface area contributed by atoms with Crippen LogP contribution in [-0.2, 0) is 167 Å². The average Bonchev–Trinajstić information content (AvgIpc) is 0. The summed E-state index contributed by atoms with van der Waals surface area (Å²) in [5.74, 6) is 0. The monoisotopic (exact) mass is 582 g/mol. The first-order valence-electron chi connectivity index (χ1n) is 0. The summed E-state index contributed by atoms with van der Waals surface area (Å²) in [5, 5.41) is 0. The van der Waals surface area contributed by atoms with Crippen LogP contribution in [-0.4, -0.2) is 75.5 Å². The SMILES string of the molecule is [Ca+2].[Ca+2].[O-2].[O-2].[O-2].[O-2].[O-2].[O-2].[O-2].[O-2].[O-2].[Y+3].[Y+3].[Zr+4].[Zr+4]. The minimum absolute atomic E-state index is 0. The summed E-state index contributed by atoms with van der Waals surface area (Å²) in [6, 6.07) is 0. The van der Waals surface area contributed by atoms with E-state index >= 15 is 0 Å². The van der Waals surface area contributed by atoms with Crippen molar-refractivity contribution in [2.75, 3.05) is 0 Å². The maximum atomic E-state index is 0. The van der Waals surface area contributed by atoms with Gasteiger partial charge in [-0.3, -0.25) is 0 Å². The quantitative estimate of drug-likeness (QED) is 0.284. The van der Waals surface area contributed by atoms with Crippen LogP contribution in [0.4, 0.5) is 0 Å². The molecule has 0 heterocycles. The third kappa shape index (κ3) is 176. The van der Waals surface area contributed by atoms with Crippen LogP contribution in [0.15, 0.2) is 0 Å². The molecular formula is Ca2O9Y2Zr2. The van der Waals surface area contributed by atoms with Gasteiger partial charge in [-0.1, -0.05) is 0 Å². The molecule has 72 valence electrons. The van der Waals surface area contributed by atoms with E-state index in [2.05, 4.69) is 0 Å². The second-order valence-corrected chi connectivity index (χ2v) is 0. The molecule has 0 aromatic carbocycles. The van der Waals surface area contributed by atoms with Crippen molar-refractivity contribution in [3.05, 3.63) is 0 Å². The summed E-state index contributed by atoms with van der Waals surface area (Å²) in [6.07, 6.45) is 0. The van der Waals surface area contributed by atoms with E-state index in [1.165, 1.54) is 0 Å². The summed E-state index contributed by atoms with van der Waals surface area (Å²) in [5.41, 5.74) is 0. The molecule has 0 rings (SSSR count). The first-order valence-corrected chi connectivity index (χ1v) is 0. The van der Waals surface area contributed by atoms with E-state index in [-0.39, 0.29) is 243 Å². The van der Waals surface area contributed by atoms with Gasteiger partial charge >= 0.3 is 193 Å². The van der Waals surface area contributed by atoms with Crippen molar-refractivity contribution in [2.45, 2.75) is 0 Å². The third-order valence-electron chi connectivity index (χ3n) is 0. The fourth-order valence-electron chi connectivity index (χ4n) is 0. The Morgan fingerprint density at radius 3 is 0.267 bits per heavy atom. The molecule has 0 unspecified atom stereocenters. The third-order valence-corrected chi connectivity index (χ3v) is 0. The average molecular weight is 584 g/mol. The van der Waals surface area contributed by atoms with Crippen molar-refractivity contribution in [3.8, 4) is 0 Å². The van der Waals surface area contributed by atoms with E-state index in [4.69, 9.17) is 0 Å². The van der Waals surface area contributed by atoms with E-state index in [1.807, 2.05) is 0 Å². The number of hydrogen-bond acceptors (Lipinski definition) is 0. The van der Waals surface area contributed by atoms with Gasteiger partial charge in [0, 0.05) is 0 Å². The summed E-state index contributed by atoms with van der Waals surface area (Å²) in [6.45, 7) is 0. The van der Waals surface area contributed by atoms with Gasteiger partial charge in [0.2, 0.25) is 0 Å². The molecule has 15 heteroatoms. The van der Waals surface area contributed by atoms with Gasteiger partial charge in [0.1, 0.15) is 0 Å². The zero-order valence-electron chi connectivity index (χ0n) is 7.24. The Labute approximate surface area is 236 Å². The minimum Gasteiger partial charge on any atom is -2.00 e. The Bertz CT molecular complexity index is 24.1. The zero-order chi connectivity index (χ0) is 0. The molecular weight excluding hydrogens is 584 g/mol. The molecule has 0 aromatic heterocycles. The van der Waals surface area contributed by atoms with Crippen LogP contribution >= 0.6 is 0 Å². The maximum absolute atomic E-state index is 0. The fourth-order valence-corrected chi connectivity index (χ4v) is 0. The van der Waals surface area contributed by atoms with Gasteiger partial charge in [-0.25, -0.2) is 0 Å². The maximum Gasteiger partial charge on any atom is 4.00 e. The van der Waals surface area contributed by atoms with Gasteiger partial charge in [0.05, 0.1) is 0 Å². The largest absolute Gasteiger partial charge is 4.00 e. The smallest absolute Gasteiger partial charge is 2.00 e. The van der Waals surface area contributed by atoms with Crippen LogP contribution in [0.2, 0.25) is 0 Å². The second kappa shape index (κ2) is 196. The molecule has 0 aliphatic heterocycles.